The van der Waals surface area contributed by atoms with Crippen molar-refractivity contribution in [3.8, 4) is 0 Å². The zero-order valence-electron chi connectivity index (χ0n) is 8.96. The molecule has 0 fully saturated rings. The maximum absolute atomic E-state index is 2.47. The molecule has 1 heterocycles. The second-order valence-corrected chi connectivity index (χ2v) is 4.12. The topological polar surface area (TPSA) is 6.25 Å². The van der Waals surface area contributed by atoms with Gasteiger partial charge in [0.15, 0.2) is 0 Å². The van der Waals surface area contributed by atoms with Gasteiger partial charge < -0.3 is 0 Å². The van der Waals surface area contributed by atoms with Gasteiger partial charge in [0.25, 0.3) is 0 Å². The van der Waals surface area contributed by atoms with Gasteiger partial charge in [0.05, 0.1) is 12.1 Å². The van der Waals surface area contributed by atoms with Gasteiger partial charge >= 0.3 is 0 Å². The number of hydrogen-bond acceptors (Lipinski definition) is 1. The van der Waals surface area contributed by atoms with Crippen LogP contribution in [0, 0.1) is 0 Å². The summed E-state index contributed by atoms with van der Waals surface area (Å²) in [5.41, 5.74) is 0. The van der Waals surface area contributed by atoms with Crippen LogP contribution in [0.4, 0.5) is 0 Å². The van der Waals surface area contributed by atoms with Crippen LogP contribution in [-0.2, 0) is 0 Å². The first-order chi connectivity index (χ1) is 5.54. The molecule has 2 heteroatoms. The van der Waals surface area contributed by atoms with Gasteiger partial charge in [0, 0.05) is 6.92 Å². The smallest absolute Gasteiger partial charge is 0.244 e. The molecule has 0 radical (unpaired) electrons. The molecule has 0 saturated heterocycles. The van der Waals surface area contributed by atoms with E-state index in [0.29, 0.717) is 12.1 Å². The molecule has 12 heavy (non-hydrogen) atoms. The van der Waals surface area contributed by atoms with E-state index in [4.69, 9.17) is 0 Å². The summed E-state index contributed by atoms with van der Waals surface area (Å²) < 4.78 is 2.47. The zero-order valence-corrected chi connectivity index (χ0v) is 8.96. The SMILES string of the molecule is CC1=[N+](C(C)C)CCN1C(C)C. The first-order valence-electron chi connectivity index (χ1n) is 4.91. The largest absolute Gasteiger partial charge is 0.260 e. The molecule has 0 aromatic rings. The lowest BCUT2D eigenvalue weighted by Crippen LogP contribution is -2.34. The van der Waals surface area contributed by atoms with E-state index in [0.717, 1.165) is 0 Å². The Morgan fingerprint density at radius 1 is 1.25 bits per heavy atom. The summed E-state index contributed by atoms with van der Waals surface area (Å²) in [4.78, 5) is 2.47. The fourth-order valence-electron chi connectivity index (χ4n) is 1.97. The van der Waals surface area contributed by atoms with Gasteiger partial charge in [-0.05, 0) is 27.7 Å². The van der Waals surface area contributed by atoms with Crippen molar-refractivity contribution in [3.05, 3.63) is 0 Å². The zero-order chi connectivity index (χ0) is 9.30. The predicted octanol–water partition coefficient (Wildman–Crippen LogP) is 1.55. The van der Waals surface area contributed by atoms with Crippen LogP contribution < -0.4 is 0 Å². The highest BCUT2D eigenvalue weighted by atomic mass is 15.3. The normalized spacial score (nSPS) is 18.8. The molecule has 0 aromatic heterocycles. The Morgan fingerprint density at radius 2 is 1.83 bits per heavy atom. The second-order valence-electron chi connectivity index (χ2n) is 4.12. The van der Waals surface area contributed by atoms with Crippen LogP contribution in [0.5, 0.6) is 0 Å². The fourth-order valence-corrected chi connectivity index (χ4v) is 1.97. The van der Waals surface area contributed by atoms with Crippen LogP contribution >= 0.6 is 0 Å². The van der Waals surface area contributed by atoms with Gasteiger partial charge in [-0.15, -0.1) is 0 Å². The summed E-state index contributed by atoms with van der Waals surface area (Å²) in [5.74, 6) is 1.44. The highest BCUT2D eigenvalue weighted by Crippen LogP contribution is 2.08. The molecule has 70 valence electrons. The van der Waals surface area contributed by atoms with Crippen molar-refractivity contribution < 1.29 is 4.58 Å². The molecule has 0 spiro atoms. The van der Waals surface area contributed by atoms with Crippen molar-refractivity contribution in [1.82, 2.24) is 4.90 Å². The Kier molecular flexibility index (Phi) is 2.76. The predicted molar refractivity (Wildman–Crippen MR) is 52.8 cm³/mol. The molecule has 0 bridgehead atoms. The van der Waals surface area contributed by atoms with E-state index in [-0.39, 0.29) is 0 Å². The van der Waals surface area contributed by atoms with Gasteiger partial charge in [-0.2, -0.15) is 0 Å². The summed E-state index contributed by atoms with van der Waals surface area (Å²) in [7, 11) is 0. The van der Waals surface area contributed by atoms with E-state index in [1.807, 2.05) is 0 Å². The van der Waals surface area contributed by atoms with E-state index < -0.39 is 0 Å². The van der Waals surface area contributed by atoms with E-state index >= 15 is 0 Å². The molecule has 0 aromatic carbocycles. The molecule has 1 aliphatic rings. The van der Waals surface area contributed by atoms with Crippen LogP contribution in [0.3, 0.4) is 0 Å². The van der Waals surface area contributed by atoms with Crippen LogP contribution in [0.1, 0.15) is 34.6 Å². The minimum Gasteiger partial charge on any atom is -0.260 e. The monoisotopic (exact) mass is 169 g/mol. The maximum Gasteiger partial charge on any atom is 0.244 e. The lowest BCUT2D eigenvalue weighted by atomic mass is 10.3. The van der Waals surface area contributed by atoms with Crippen LogP contribution in [-0.4, -0.2) is 40.5 Å². The third kappa shape index (κ3) is 1.62. The number of nitrogens with zero attached hydrogens (tertiary/aromatic N) is 2. The van der Waals surface area contributed by atoms with E-state index in [2.05, 4.69) is 44.1 Å². The summed E-state index contributed by atoms with van der Waals surface area (Å²) in [6, 6.07) is 1.29. The minimum absolute atomic E-state index is 0.647. The van der Waals surface area contributed by atoms with Gasteiger partial charge in [-0.1, -0.05) is 0 Å². The average molecular weight is 169 g/mol. The van der Waals surface area contributed by atoms with Crippen molar-refractivity contribution in [2.24, 2.45) is 0 Å². The Morgan fingerprint density at radius 3 is 2.08 bits per heavy atom. The third-order valence-corrected chi connectivity index (χ3v) is 2.66. The first kappa shape index (κ1) is 9.56. The Balaban J connectivity index is 2.76. The summed E-state index contributed by atoms with van der Waals surface area (Å²) in [6.07, 6.45) is 0. The fraction of sp³-hybridized carbons (Fsp3) is 0.900. The van der Waals surface area contributed by atoms with Crippen molar-refractivity contribution >= 4 is 5.84 Å². The standard InChI is InChI=1S/C10H21N2/c1-8(2)11-6-7-12(9(3)4)10(11)5/h8-9H,6-7H2,1-5H3/q+1. The molecular weight excluding hydrogens is 148 g/mol. The molecule has 1 rings (SSSR count). The third-order valence-electron chi connectivity index (χ3n) is 2.66. The summed E-state index contributed by atoms with van der Waals surface area (Å²) >= 11 is 0. The lowest BCUT2D eigenvalue weighted by Gasteiger charge is -2.15. The highest BCUT2D eigenvalue weighted by Gasteiger charge is 2.29. The molecule has 0 unspecified atom stereocenters. The van der Waals surface area contributed by atoms with Crippen molar-refractivity contribution in [2.75, 3.05) is 13.1 Å². The van der Waals surface area contributed by atoms with Crippen LogP contribution in [0.15, 0.2) is 0 Å². The molecule has 0 saturated carbocycles. The van der Waals surface area contributed by atoms with E-state index in [1.165, 1.54) is 18.9 Å². The van der Waals surface area contributed by atoms with E-state index in [1.54, 1.807) is 0 Å². The molecule has 0 aliphatic carbocycles. The number of rotatable bonds is 2. The molecule has 1 aliphatic heterocycles. The molecular formula is C10H21N2+. The number of amidine groups is 1. The second kappa shape index (κ2) is 3.46. The number of hydrogen-bond donors (Lipinski definition) is 0. The first-order valence-corrected chi connectivity index (χ1v) is 4.91. The minimum atomic E-state index is 0.647. The Labute approximate surface area is 75.9 Å². The quantitative estimate of drug-likeness (QED) is 0.568. The molecule has 0 N–H and O–H groups in total. The van der Waals surface area contributed by atoms with Gasteiger partial charge in [-0.3, -0.25) is 9.48 Å². The Hall–Kier alpha value is -0.530. The summed E-state index contributed by atoms with van der Waals surface area (Å²) in [5, 5.41) is 0. The van der Waals surface area contributed by atoms with Gasteiger partial charge in [-0.25, -0.2) is 0 Å². The average Bonchev–Trinajstić information content (AvgIpc) is 2.30. The molecule has 0 atom stereocenters. The molecule has 0 amide bonds. The maximum atomic E-state index is 2.47. The Bertz CT molecular complexity index is 192. The van der Waals surface area contributed by atoms with Crippen molar-refractivity contribution in [2.45, 2.75) is 46.7 Å². The van der Waals surface area contributed by atoms with Crippen LogP contribution in [0.25, 0.3) is 0 Å². The highest BCUT2D eigenvalue weighted by molar-refractivity contribution is 5.76. The van der Waals surface area contributed by atoms with Crippen LogP contribution in [0.2, 0.25) is 0 Å². The van der Waals surface area contributed by atoms with Crippen molar-refractivity contribution in [1.29, 1.82) is 0 Å². The van der Waals surface area contributed by atoms with Crippen molar-refractivity contribution in [3.63, 3.8) is 0 Å². The van der Waals surface area contributed by atoms with Gasteiger partial charge in [0.1, 0.15) is 13.1 Å². The summed E-state index contributed by atoms with van der Waals surface area (Å²) in [6.45, 7) is 13.7. The lowest BCUT2D eigenvalue weighted by molar-refractivity contribution is -0.549. The molecule has 2 nitrogen and oxygen atoms in total. The van der Waals surface area contributed by atoms with E-state index in [9.17, 15) is 0 Å². The van der Waals surface area contributed by atoms with Gasteiger partial charge in [0.2, 0.25) is 5.84 Å².